The van der Waals surface area contributed by atoms with Crippen LogP contribution in [-0.2, 0) is 4.79 Å². The van der Waals surface area contributed by atoms with Crippen LogP contribution in [0.4, 0.5) is 8.78 Å². The number of aromatic hydroxyl groups is 2. The summed E-state index contributed by atoms with van der Waals surface area (Å²) in [5, 5.41) is 50.3. The molecular formula is C53H64F2N4O7. The van der Waals surface area contributed by atoms with Crippen LogP contribution < -0.4 is 10.6 Å². The smallest absolute Gasteiger partial charge is 0.173 e. The first-order valence-electron chi connectivity index (χ1n) is 23.7. The van der Waals surface area contributed by atoms with E-state index in [9.17, 15) is 30.0 Å². The fourth-order valence-corrected chi connectivity index (χ4v) is 12.7. The first-order chi connectivity index (χ1) is 31.8. The molecule has 4 heterocycles. The molecule has 0 bridgehead atoms. The number of ketones is 3. The largest absolute Gasteiger partial charge is 0.508 e. The molecule has 4 aliphatic heterocycles. The summed E-state index contributed by atoms with van der Waals surface area (Å²) in [4.78, 5) is 51.5. The number of carbonyl (C=O) groups excluding carboxylic acids is 3. The molecule has 0 amide bonds. The number of nitrogens with zero attached hydrogens (tertiary/aromatic N) is 2. The summed E-state index contributed by atoms with van der Waals surface area (Å²) in [6.07, 6.45) is 3.00. The van der Waals surface area contributed by atoms with Crippen molar-refractivity contribution < 1.29 is 43.6 Å². The monoisotopic (exact) mass is 906 g/mol. The Morgan fingerprint density at radius 3 is 1.41 bits per heavy atom. The lowest BCUT2D eigenvalue weighted by atomic mass is 9.54. The van der Waals surface area contributed by atoms with E-state index in [1.54, 1.807) is 50.2 Å². The van der Waals surface area contributed by atoms with E-state index in [0.717, 1.165) is 25.9 Å². The van der Waals surface area contributed by atoms with E-state index in [1.165, 1.54) is 36.4 Å². The minimum absolute atomic E-state index is 0.0436. The molecule has 11 nitrogen and oxygen atoms in total. The fourth-order valence-electron chi connectivity index (χ4n) is 12.7. The first-order valence-corrected chi connectivity index (χ1v) is 23.7. The third-order valence-electron chi connectivity index (χ3n) is 15.8. The van der Waals surface area contributed by atoms with Gasteiger partial charge in [-0.3, -0.25) is 24.2 Å². The van der Waals surface area contributed by atoms with Gasteiger partial charge in [-0.1, -0.05) is 48.5 Å². The molecule has 0 radical (unpaired) electrons. The van der Waals surface area contributed by atoms with Crippen LogP contribution >= 0.6 is 0 Å². The molecule has 4 aromatic carbocycles. The van der Waals surface area contributed by atoms with Crippen LogP contribution in [0, 0.1) is 49.2 Å². The zero-order chi connectivity index (χ0) is 46.8. The van der Waals surface area contributed by atoms with Crippen molar-refractivity contribution in [3.63, 3.8) is 0 Å². The van der Waals surface area contributed by atoms with Gasteiger partial charge in [0, 0.05) is 62.2 Å². The summed E-state index contributed by atoms with van der Waals surface area (Å²) in [6, 6.07) is 22.1. The summed E-state index contributed by atoms with van der Waals surface area (Å²) >= 11 is 0. The fraction of sp³-hybridized carbons (Fsp3) is 0.491. The highest BCUT2D eigenvalue weighted by molar-refractivity contribution is 6.02. The van der Waals surface area contributed by atoms with E-state index in [4.69, 9.17) is 0 Å². The van der Waals surface area contributed by atoms with E-state index in [2.05, 4.69) is 10.6 Å². The van der Waals surface area contributed by atoms with Crippen LogP contribution in [0.1, 0.15) is 93.3 Å². The molecule has 352 valence electrons. The summed E-state index contributed by atoms with van der Waals surface area (Å²) in [5.74, 6) is -5.39. The number of benzene rings is 4. The number of aliphatic hydroxyl groups excluding tert-OH is 2. The predicted molar refractivity (Wildman–Crippen MR) is 248 cm³/mol. The number of carbonyl (C=O) groups is 3. The maximum Gasteiger partial charge on any atom is 0.173 e. The Morgan fingerprint density at radius 1 is 0.636 bits per heavy atom. The number of hydrogen-bond donors (Lipinski definition) is 6. The normalized spacial score (nSPS) is 28.8. The van der Waals surface area contributed by atoms with Crippen LogP contribution in [0.25, 0.3) is 0 Å². The first kappa shape index (κ1) is 47.6. The average molecular weight is 907 g/mol. The number of hydrogen-bond acceptors (Lipinski definition) is 11. The molecule has 0 aliphatic carbocycles. The van der Waals surface area contributed by atoms with Gasteiger partial charge in [0.1, 0.15) is 23.1 Å². The quantitative estimate of drug-likeness (QED) is 0.0789. The molecule has 8 atom stereocenters. The summed E-state index contributed by atoms with van der Waals surface area (Å²) in [7, 11) is 0. The second-order valence-corrected chi connectivity index (χ2v) is 19.2. The zero-order valence-corrected chi connectivity index (χ0v) is 38.0. The number of halogens is 2. The summed E-state index contributed by atoms with van der Waals surface area (Å²) < 4.78 is 31.7. The molecule has 8 rings (SSSR count). The van der Waals surface area contributed by atoms with Crippen molar-refractivity contribution in [3.8, 4) is 11.5 Å². The Kier molecular flexibility index (Phi) is 14.5. The number of Topliss-reactive ketones (excluding diaryl/α,β-unsaturated/α-hetero) is 3. The van der Waals surface area contributed by atoms with Crippen molar-refractivity contribution in [2.75, 3.05) is 65.6 Å². The van der Waals surface area contributed by atoms with Crippen molar-refractivity contribution in [3.05, 3.63) is 130 Å². The summed E-state index contributed by atoms with van der Waals surface area (Å²) in [6.45, 7) is 5.31. The van der Waals surface area contributed by atoms with Gasteiger partial charge in [-0.2, -0.15) is 0 Å². The third-order valence-corrected chi connectivity index (χ3v) is 15.8. The highest BCUT2D eigenvalue weighted by atomic mass is 19.1. The maximum absolute atomic E-state index is 17.5. The number of phenolic OH excluding ortho intramolecular Hbond substituents is 2. The van der Waals surface area contributed by atoms with Crippen LogP contribution in [0.3, 0.4) is 0 Å². The Morgan fingerprint density at radius 2 is 1.05 bits per heavy atom. The minimum atomic E-state index is -1.38. The third kappa shape index (κ3) is 8.74. The summed E-state index contributed by atoms with van der Waals surface area (Å²) in [5.41, 5.74) is -0.259. The standard InChI is InChI=1S/C53H64F2N4O7/c1-33-41(15-5-17-47(33)54)43-27-52(37-11-7-19-56-29-37,58(21-23-60)31-45(43)49(64)35-9-3-13-39(62)25-35)51(66)53(38-12-8-20-57-30-38)28-44(42-16-6-18-48(55)34(42)2)46(32-59(53)22-24-61)50(65)36-10-4-14-40(63)26-36/h3-6,9-10,13-18,25-26,37-38,43-46,56-57,60-63H,7-8,11-12,19-24,27-32H2,1-2H3/t37?,38?,43-,44-,45-,46-,52+,53+/m0/s1. The highest BCUT2D eigenvalue weighted by Gasteiger charge is 2.66. The minimum Gasteiger partial charge on any atom is -0.508 e. The molecule has 13 heteroatoms. The molecule has 66 heavy (non-hydrogen) atoms. The van der Waals surface area contributed by atoms with Gasteiger partial charge < -0.3 is 31.1 Å². The van der Waals surface area contributed by atoms with Gasteiger partial charge >= 0.3 is 0 Å². The Balaban J connectivity index is 1.38. The number of rotatable bonds is 14. The number of aliphatic hydroxyl groups is 2. The van der Waals surface area contributed by atoms with Crippen molar-refractivity contribution in [1.82, 2.24) is 20.4 Å². The zero-order valence-electron chi connectivity index (χ0n) is 38.0. The Hall–Kier alpha value is -4.89. The van der Waals surface area contributed by atoms with Gasteiger partial charge in [0.25, 0.3) is 0 Å². The number of phenols is 2. The molecule has 0 saturated carbocycles. The molecule has 4 aromatic rings. The molecule has 6 N–H and O–H groups in total. The molecule has 0 spiro atoms. The predicted octanol–water partition coefficient (Wildman–Crippen LogP) is 6.30. The highest BCUT2D eigenvalue weighted by Crippen LogP contribution is 2.56. The lowest BCUT2D eigenvalue weighted by Crippen LogP contribution is -2.77. The molecular weight excluding hydrogens is 843 g/mol. The van der Waals surface area contributed by atoms with Gasteiger partial charge in [-0.25, -0.2) is 8.78 Å². The SMILES string of the molecule is Cc1c(F)cccc1[C@@H]1C[C@](C(=O)[C@]2(C3CCCNC3)C[C@@H](c3cccc(F)c3C)[C@@H](C(=O)c3cccc(O)c3)CN2CCO)(C2CCCNC2)N(CCO)C[C@@H]1C(=O)c1cccc(O)c1. The molecule has 0 aromatic heterocycles. The van der Waals surface area contributed by atoms with Crippen molar-refractivity contribution >= 4 is 17.3 Å². The number of likely N-dealkylation sites (tertiary alicyclic amines) is 2. The molecule has 4 saturated heterocycles. The lowest BCUT2D eigenvalue weighted by molar-refractivity contribution is -0.166. The molecule has 4 fully saturated rings. The Labute approximate surface area is 386 Å². The van der Waals surface area contributed by atoms with E-state index in [-0.39, 0.29) is 104 Å². The van der Waals surface area contributed by atoms with Gasteiger partial charge in [0.05, 0.1) is 24.3 Å². The van der Waals surface area contributed by atoms with E-state index >= 15 is 13.6 Å². The van der Waals surface area contributed by atoms with Crippen LogP contribution in [0.15, 0.2) is 84.9 Å². The second-order valence-electron chi connectivity index (χ2n) is 19.2. The average Bonchev–Trinajstić information content (AvgIpc) is 3.33. The molecule has 2 unspecified atom stereocenters. The van der Waals surface area contributed by atoms with Crippen molar-refractivity contribution in [1.29, 1.82) is 0 Å². The van der Waals surface area contributed by atoms with Crippen LogP contribution in [-0.4, -0.2) is 124 Å². The van der Waals surface area contributed by atoms with E-state index in [1.807, 2.05) is 21.9 Å². The topological polar surface area (TPSA) is 163 Å². The Bertz CT molecular complexity index is 2240. The lowest BCUT2D eigenvalue weighted by Gasteiger charge is -2.63. The second kappa shape index (κ2) is 20.1. The van der Waals surface area contributed by atoms with Crippen LogP contribution in [0.2, 0.25) is 0 Å². The van der Waals surface area contributed by atoms with Crippen molar-refractivity contribution in [2.24, 2.45) is 23.7 Å². The van der Waals surface area contributed by atoms with Gasteiger partial charge in [0.15, 0.2) is 17.3 Å². The van der Waals surface area contributed by atoms with Crippen molar-refractivity contribution in [2.45, 2.75) is 75.3 Å². The van der Waals surface area contributed by atoms with E-state index in [0.29, 0.717) is 48.2 Å². The van der Waals surface area contributed by atoms with Gasteiger partial charge in [-0.15, -0.1) is 0 Å². The molecule has 4 aliphatic rings. The van der Waals surface area contributed by atoms with Gasteiger partial charge in [-0.05, 0) is 148 Å². The number of β-amino-alcohol motifs (C(OH)–C–C–N with tert-alkyl or cyclic N) is 2. The van der Waals surface area contributed by atoms with Crippen LogP contribution in [0.5, 0.6) is 11.5 Å². The number of piperidine rings is 4. The number of nitrogens with one attached hydrogen (secondary N) is 2. The van der Waals surface area contributed by atoms with E-state index < -0.39 is 46.4 Å². The maximum atomic E-state index is 17.5. The van der Waals surface area contributed by atoms with Gasteiger partial charge in [0.2, 0.25) is 0 Å².